The summed E-state index contributed by atoms with van der Waals surface area (Å²) in [6.07, 6.45) is 82.5. The van der Waals surface area contributed by atoms with Gasteiger partial charge in [-0.3, -0.25) is 43.2 Å². The van der Waals surface area contributed by atoms with E-state index in [4.69, 9.17) is 37.9 Å². The van der Waals surface area contributed by atoms with Crippen LogP contribution in [0.5, 0.6) is 0 Å². The molecule has 4 amide bonds. The molecule has 123 heavy (non-hydrogen) atoms. The number of ketones is 1. The Balaban J connectivity index is 6.10. The van der Waals surface area contributed by atoms with Crippen molar-refractivity contribution >= 4 is 53.3 Å². The van der Waals surface area contributed by atoms with Crippen molar-refractivity contribution in [1.29, 1.82) is 0 Å². The number of carbonyl (C=O) groups is 9. The second kappa shape index (κ2) is 94.3. The van der Waals surface area contributed by atoms with E-state index in [1.807, 2.05) is 0 Å². The van der Waals surface area contributed by atoms with E-state index in [1.54, 1.807) is 7.11 Å². The highest BCUT2D eigenvalue weighted by atomic mass is 16.6. The van der Waals surface area contributed by atoms with E-state index in [0.29, 0.717) is 78.4 Å². The number of allylic oxidation sites excluding steroid dienone is 16. The van der Waals surface area contributed by atoms with Crippen molar-refractivity contribution in [2.24, 2.45) is 5.92 Å². The number of nitrogens with one attached hydrogen (secondary N) is 2. The monoisotopic (exact) mass is 1730 g/mol. The van der Waals surface area contributed by atoms with Gasteiger partial charge in [-0.15, -0.1) is 0 Å². The Hall–Kier alpha value is -6.81. The number of methoxy groups -OCH3 is 1. The largest absolute Gasteiger partial charge is 0.464 e. The van der Waals surface area contributed by atoms with E-state index < -0.39 is 35.3 Å². The smallest absolute Gasteiger partial charge is 0.305 e. The first-order chi connectivity index (χ1) is 60.3. The third-order valence-electron chi connectivity index (χ3n) is 21.0. The van der Waals surface area contributed by atoms with Crippen molar-refractivity contribution < 1.29 is 81.0 Å². The molecule has 2 N–H and O–H groups in total. The summed E-state index contributed by atoms with van der Waals surface area (Å²) in [5.74, 6) is -4.86. The van der Waals surface area contributed by atoms with Gasteiger partial charge in [0.25, 0.3) is 0 Å². The van der Waals surface area contributed by atoms with Crippen molar-refractivity contribution in [2.45, 2.75) is 374 Å². The maximum absolute atomic E-state index is 14.1. The van der Waals surface area contributed by atoms with Gasteiger partial charge < -0.3 is 58.3 Å². The lowest BCUT2D eigenvalue weighted by atomic mass is 9.98. The number of esters is 4. The molecule has 0 saturated heterocycles. The van der Waals surface area contributed by atoms with Crippen LogP contribution in [0, 0.1) is 5.92 Å². The topological polar surface area (TPSA) is 258 Å². The third kappa shape index (κ3) is 85.7. The molecule has 0 saturated carbocycles. The van der Waals surface area contributed by atoms with E-state index in [0.717, 1.165) is 180 Å². The fourth-order valence-electron chi connectivity index (χ4n) is 13.4. The lowest BCUT2D eigenvalue weighted by Gasteiger charge is -2.23. The first-order valence-electron chi connectivity index (χ1n) is 49.0. The molecular weight excluding hydrogens is 1550 g/mol. The molecule has 0 aromatic rings. The molecule has 0 aromatic carbocycles. The first-order valence-corrected chi connectivity index (χ1v) is 49.0. The summed E-state index contributed by atoms with van der Waals surface area (Å²) in [6, 6.07) is 0. The summed E-state index contributed by atoms with van der Waals surface area (Å²) < 4.78 is 44.2. The SMILES string of the molecule is CCCCC/C=C\C/C=C\CCCCCCCC(=O)OCCN(CCOC(=O)CCCCCCC/C=C\C/C=C\CCCCC)C(=O)CCC(=O)C[C@@H](CNC(=O)CCC(=O)N(CCOC(=O)CCCCCCC/C=C\C/C=C\CCCCC)CCOC(=O)CCCCCCC/C=C\C/C=C\CCCCC)C(=O)NCCCOCCOCCOCCOC. The van der Waals surface area contributed by atoms with Crippen LogP contribution in [0.4, 0.5) is 0 Å². The molecule has 0 aromatic heterocycles. The number of carbonyl (C=O) groups excluding carboxylic acids is 9. The summed E-state index contributed by atoms with van der Waals surface area (Å²) in [5.41, 5.74) is 0. The van der Waals surface area contributed by atoms with Crippen LogP contribution in [0.2, 0.25) is 0 Å². The molecule has 21 nitrogen and oxygen atoms in total. The molecule has 1 atom stereocenters. The van der Waals surface area contributed by atoms with Gasteiger partial charge >= 0.3 is 23.9 Å². The maximum Gasteiger partial charge on any atom is 0.305 e. The number of rotatable bonds is 92. The normalized spacial score (nSPS) is 12.1. The Morgan fingerprint density at radius 1 is 0.276 bits per heavy atom. The summed E-state index contributed by atoms with van der Waals surface area (Å²) in [6.45, 7) is 11.3. The highest BCUT2D eigenvalue weighted by Gasteiger charge is 2.26. The average molecular weight is 1730 g/mol. The lowest BCUT2D eigenvalue weighted by molar-refractivity contribution is -0.148. The Labute approximate surface area is 747 Å². The third-order valence-corrected chi connectivity index (χ3v) is 21.0. The minimum absolute atomic E-state index is 0.0110. The van der Waals surface area contributed by atoms with Crippen LogP contribution in [-0.4, -0.2) is 182 Å². The van der Waals surface area contributed by atoms with Crippen LogP contribution in [0.3, 0.4) is 0 Å². The van der Waals surface area contributed by atoms with Gasteiger partial charge in [0.15, 0.2) is 0 Å². The number of unbranched alkanes of at least 4 members (excludes halogenated alkanes) is 32. The molecule has 0 aliphatic carbocycles. The van der Waals surface area contributed by atoms with E-state index >= 15 is 0 Å². The molecule has 0 rings (SSSR count). The van der Waals surface area contributed by atoms with Crippen molar-refractivity contribution in [3.05, 3.63) is 97.2 Å². The molecule has 0 spiro atoms. The number of Topliss-reactive ketones (excluding diaryl/α,β-unsaturated/α-hetero) is 1. The molecule has 21 heteroatoms. The summed E-state index contributed by atoms with van der Waals surface area (Å²) in [7, 11) is 1.61. The van der Waals surface area contributed by atoms with Gasteiger partial charge in [-0.1, -0.05) is 253 Å². The molecule has 0 bridgehead atoms. The van der Waals surface area contributed by atoms with Crippen LogP contribution in [0.1, 0.15) is 374 Å². The summed E-state index contributed by atoms with van der Waals surface area (Å²) >= 11 is 0. The van der Waals surface area contributed by atoms with Crippen LogP contribution in [-0.2, 0) is 81.0 Å². The van der Waals surface area contributed by atoms with Crippen LogP contribution in [0.25, 0.3) is 0 Å². The average Bonchev–Trinajstić information content (AvgIpc) is 0.892. The highest BCUT2D eigenvalue weighted by Crippen LogP contribution is 2.17. The van der Waals surface area contributed by atoms with E-state index in [1.165, 1.54) is 86.8 Å². The number of amides is 4. The minimum Gasteiger partial charge on any atom is -0.464 e. The van der Waals surface area contributed by atoms with E-state index in [9.17, 15) is 43.2 Å². The molecule has 706 valence electrons. The number of nitrogens with zero attached hydrogens (tertiary/aromatic N) is 2. The summed E-state index contributed by atoms with van der Waals surface area (Å²) in [5, 5.41) is 5.64. The highest BCUT2D eigenvalue weighted by molar-refractivity contribution is 5.90. The van der Waals surface area contributed by atoms with Gasteiger partial charge in [-0.05, 0) is 161 Å². The van der Waals surface area contributed by atoms with Gasteiger partial charge in [-0.25, -0.2) is 0 Å². The van der Waals surface area contributed by atoms with Gasteiger partial charge in [0.1, 0.15) is 32.2 Å². The van der Waals surface area contributed by atoms with Crippen molar-refractivity contribution in [3.63, 3.8) is 0 Å². The molecular formula is C102H176N4O17. The van der Waals surface area contributed by atoms with E-state index in [-0.39, 0.29) is 147 Å². The van der Waals surface area contributed by atoms with Gasteiger partial charge in [0.05, 0.1) is 71.7 Å². The quantitative estimate of drug-likeness (QED) is 0.0248. The van der Waals surface area contributed by atoms with Crippen molar-refractivity contribution in [3.8, 4) is 0 Å². The van der Waals surface area contributed by atoms with Crippen molar-refractivity contribution in [1.82, 2.24) is 20.4 Å². The van der Waals surface area contributed by atoms with Gasteiger partial charge in [0.2, 0.25) is 23.6 Å². The molecule has 0 heterocycles. The van der Waals surface area contributed by atoms with Crippen LogP contribution >= 0.6 is 0 Å². The molecule has 0 aliphatic heterocycles. The van der Waals surface area contributed by atoms with Crippen LogP contribution in [0.15, 0.2) is 97.2 Å². The number of hydrogen-bond donors (Lipinski definition) is 2. The Morgan fingerprint density at radius 3 is 0.862 bits per heavy atom. The van der Waals surface area contributed by atoms with Gasteiger partial charge in [-0.2, -0.15) is 0 Å². The maximum atomic E-state index is 14.1. The fourth-order valence-corrected chi connectivity index (χ4v) is 13.4. The second-order valence-electron chi connectivity index (χ2n) is 32.3. The molecule has 0 unspecified atom stereocenters. The minimum atomic E-state index is -1.06. The molecule has 0 aliphatic rings. The predicted molar refractivity (Wildman–Crippen MR) is 501 cm³/mol. The Kier molecular flexibility index (Phi) is 89.1. The summed E-state index contributed by atoms with van der Waals surface area (Å²) in [4.78, 5) is 124. The first kappa shape index (κ1) is 116. The van der Waals surface area contributed by atoms with E-state index in [2.05, 4.69) is 136 Å². The lowest BCUT2D eigenvalue weighted by Crippen LogP contribution is -2.41. The zero-order valence-electron chi connectivity index (χ0n) is 78.4. The number of hydrogen-bond acceptors (Lipinski definition) is 17. The fraction of sp³-hybridized carbons (Fsp3) is 0.755. The second-order valence-corrected chi connectivity index (χ2v) is 32.3. The number of ether oxygens (including phenoxy) is 8. The Morgan fingerprint density at radius 2 is 0.553 bits per heavy atom. The Bertz CT molecular complexity index is 2670. The molecule has 0 fully saturated rings. The zero-order chi connectivity index (χ0) is 89.5. The molecule has 0 radical (unpaired) electrons. The zero-order valence-corrected chi connectivity index (χ0v) is 78.4. The standard InChI is InChI=1S/C102H176N4O17/c1-6-10-14-18-22-26-30-34-38-42-46-50-54-58-62-67-98(111)120-81-76-105(77-82-121-99(112)68-63-59-55-51-47-43-39-35-31-27-23-19-15-11-7-2)96(109)73-71-94(107)91-93(102(115)103-75-66-80-117-87-88-119-90-89-118-86-85-116-5)92-104-95(108)72-74-97(110)106(78-83-122-100(113)69-64-60-56-52-48-44-40-36-32-28-24-20-16-12-8-3)79-84-123-101(114)70-65-61-57-53-49-45-41-37-33-29-25-21-17-13-9-4/h22-29,34-41,93H,6-21,30-33,42-92H2,1-5H3,(H,103,115)(H,104,108)/b26-22-,27-23-,28-24-,29-25-,38-34-,39-35-,40-36-,41-37-/t93-/m0/s1. The van der Waals surface area contributed by atoms with Crippen molar-refractivity contribution in [2.75, 3.05) is 119 Å². The predicted octanol–water partition coefficient (Wildman–Crippen LogP) is 22.5. The van der Waals surface area contributed by atoms with Crippen LogP contribution < -0.4 is 10.6 Å². The van der Waals surface area contributed by atoms with Gasteiger partial charge in [0, 0.05) is 84.6 Å².